The minimum Gasteiger partial charge on any atom is -0.396 e. The molecule has 0 bridgehead atoms. The van der Waals surface area contributed by atoms with E-state index in [1.54, 1.807) is 0 Å². The second-order valence-corrected chi connectivity index (χ2v) is 2.91. The van der Waals surface area contributed by atoms with E-state index in [0.29, 0.717) is 6.07 Å². The summed E-state index contributed by atoms with van der Waals surface area (Å²) in [6.07, 6.45) is -4.80. The minimum atomic E-state index is -4.80. The van der Waals surface area contributed by atoms with Crippen molar-refractivity contribution in [2.24, 2.45) is 5.73 Å². The summed E-state index contributed by atoms with van der Waals surface area (Å²) in [6, 6.07) is -1.69. The van der Waals surface area contributed by atoms with Crippen LogP contribution in [-0.2, 0) is 0 Å². The van der Waals surface area contributed by atoms with E-state index in [1.807, 2.05) is 0 Å². The lowest BCUT2D eigenvalue weighted by atomic mass is 10.1. The molecule has 0 heterocycles. The lowest BCUT2D eigenvalue weighted by Crippen LogP contribution is -2.29. The molecule has 0 amide bonds. The lowest BCUT2D eigenvalue weighted by molar-refractivity contribution is -0.149. The first-order valence-corrected chi connectivity index (χ1v) is 3.80. The molecule has 2 nitrogen and oxygen atoms in total. The molecule has 1 aromatic carbocycles. The zero-order chi connectivity index (χ0) is 11.8. The number of nitrogen functional groups attached to an aromatic ring is 1. The maximum absolute atomic E-state index is 12.9. The Morgan fingerprint density at radius 3 is 2.07 bits per heavy atom. The Hall–Kier alpha value is -1.37. The van der Waals surface area contributed by atoms with Gasteiger partial charge in [0.25, 0.3) is 0 Å². The standard InChI is InChI=1S/C8H7F5N2/c9-4-2-5(10)6(14)1-3(4)7(15)8(11,12)13/h1-2,7H,14-15H2/t7-/m1/s1. The first kappa shape index (κ1) is 11.7. The molecule has 0 aliphatic rings. The summed E-state index contributed by atoms with van der Waals surface area (Å²) in [5.74, 6) is -2.49. The van der Waals surface area contributed by atoms with Crippen LogP contribution in [0, 0.1) is 11.6 Å². The van der Waals surface area contributed by atoms with Gasteiger partial charge in [-0.1, -0.05) is 0 Å². The number of anilines is 1. The van der Waals surface area contributed by atoms with Gasteiger partial charge in [-0.2, -0.15) is 13.2 Å². The first-order valence-electron chi connectivity index (χ1n) is 3.80. The van der Waals surface area contributed by atoms with Gasteiger partial charge in [-0.05, 0) is 6.07 Å². The fourth-order valence-corrected chi connectivity index (χ4v) is 0.998. The topological polar surface area (TPSA) is 52.0 Å². The minimum absolute atomic E-state index is 0.274. The lowest BCUT2D eigenvalue weighted by Gasteiger charge is -2.17. The molecular formula is C8H7F5N2. The maximum atomic E-state index is 12.9. The van der Waals surface area contributed by atoms with Crippen LogP contribution in [0.15, 0.2) is 12.1 Å². The number of benzene rings is 1. The third-order valence-electron chi connectivity index (χ3n) is 1.80. The molecule has 0 aliphatic carbocycles. The van der Waals surface area contributed by atoms with Gasteiger partial charge in [0, 0.05) is 11.6 Å². The second-order valence-electron chi connectivity index (χ2n) is 2.91. The van der Waals surface area contributed by atoms with E-state index in [-0.39, 0.29) is 6.07 Å². The number of hydrogen-bond donors (Lipinski definition) is 2. The van der Waals surface area contributed by atoms with Crippen LogP contribution in [-0.4, -0.2) is 6.18 Å². The Bertz CT molecular complexity index is 374. The Kier molecular flexibility index (Phi) is 2.85. The molecule has 0 aromatic heterocycles. The smallest absolute Gasteiger partial charge is 0.396 e. The molecule has 0 saturated carbocycles. The van der Waals surface area contributed by atoms with Gasteiger partial charge >= 0.3 is 6.18 Å². The second kappa shape index (κ2) is 3.65. The van der Waals surface area contributed by atoms with Gasteiger partial charge in [0.15, 0.2) is 0 Å². The highest BCUT2D eigenvalue weighted by atomic mass is 19.4. The van der Waals surface area contributed by atoms with Crippen molar-refractivity contribution < 1.29 is 22.0 Å². The van der Waals surface area contributed by atoms with Crippen molar-refractivity contribution in [3.63, 3.8) is 0 Å². The Morgan fingerprint density at radius 1 is 1.07 bits per heavy atom. The van der Waals surface area contributed by atoms with E-state index in [2.05, 4.69) is 0 Å². The molecule has 0 unspecified atom stereocenters. The molecule has 4 N–H and O–H groups in total. The average molecular weight is 226 g/mol. The monoisotopic (exact) mass is 226 g/mol. The van der Waals surface area contributed by atoms with Gasteiger partial charge in [-0.25, -0.2) is 8.78 Å². The largest absolute Gasteiger partial charge is 0.407 e. The van der Waals surface area contributed by atoms with Crippen molar-refractivity contribution >= 4 is 5.69 Å². The van der Waals surface area contributed by atoms with Gasteiger partial charge in [-0.15, -0.1) is 0 Å². The van der Waals surface area contributed by atoms with Crippen molar-refractivity contribution in [3.8, 4) is 0 Å². The summed E-state index contributed by atoms with van der Waals surface area (Å²) < 4.78 is 61.9. The van der Waals surface area contributed by atoms with E-state index in [0.717, 1.165) is 0 Å². The summed E-state index contributed by atoms with van der Waals surface area (Å²) in [5.41, 5.74) is 8.30. The highest BCUT2D eigenvalue weighted by Crippen LogP contribution is 2.33. The van der Waals surface area contributed by atoms with Crippen molar-refractivity contribution in [1.82, 2.24) is 0 Å². The maximum Gasteiger partial charge on any atom is 0.407 e. The first-order chi connectivity index (χ1) is 6.73. The van der Waals surface area contributed by atoms with E-state index in [1.165, 1.54) is 0 Å². The third kappa shape index (κ3) is 2.35. The molecule has 7 heteroatoms. The van der Waals surface area contributed by atoms with Gasteiger partial charge in [0.05, 0.1) is 5.69 Å². The van der Waals surface area contributed by atoms with E-state index in [9.17, 15) is 22.0 Å². The molecule has 0 aliphatic heterocycles. The van der Waals surface area contributed by atoms with E-state index < -0.39 is 35.1 Å². The Labute approximate surface area is 81.7 Å². The van der Waals surface area contributed by atoms with Gasteiger partial charge in [0.1, 0.15) is 17.7 Å². The molecule has 0 saturated heterocycles. The molecule has 0 radical (unpaired) electrons. The average Bonchev–Trinajstić information content (AvgIpc) is 2.08. The van der Waals surface area contributed by atoms with Crippen LogP contribution in [0.25, 0.3) is 0 Å². The van der Waals surface area contributed by atoms with Crippen molar-refractivity contribution in [2.45, 2.75) is 12.2 Å². The summed E-state index contributed by atoms with van der Waals surface area (Å²) in [7, 11) is 0. The van der Waals surface area contributed by atoms with E-state index >= 15 is 0 Å². The normalized spacial score (nSPS) is 14.0. The molecule has 0 spiro atoms. The molecule has 15 heavy (non-hydrogen) atoms. The number of nitrogens with two attached hydrogens (primary N) is 2. The van der Waals surface area contributed by atoms with Crippen LogP contribution in [0.4, 0.5) is 27.6 Å². The summed E-state index contributed by atoms with van der Waals surface area (Å²) in [4.78, 5) is 0. The predicted octanol–water partition coefficient (Wildman–Crippen LogP) is 2.11. The van der Waals surface area contributed by atoms with Crippen LogP contribution < -0.4 is 11.5 Å². The predicted molar refractivity (Wildman–Crippen MR) is 43.8 cm³/mol. The fraction of sp³-hybridized carbons (Fsp3) is 0.250. The zero-order valence-electron chi connectivity index (χ0n) is 7.28. The molecule has 84 valence electrons. The fourth-order valence-electron chi connectivity index (χ4n) is 0.998. The highest BCUT2D eigenvalue weighted by molar-refractivity contribution is 5.44. The van der Waals surface area contributed by atoms with Crippen molar-refractivity contribution in [2.75, 3.05) is 5.73 Å². The molecule has 1 rings (SSSR count). The van der Waals surface area contributed by atoms with Crippen LogP contribution in [0.3, 0.4) is 0 Å². The van der Waals surface area contributed by atoms with Crippen LogP contribution in [0.5, 0.6) is 0 Å². The van der Waals surface area contributed by atoms with Gasteiger partial charge in [-0.3, -0.25) is 0 Å². The number of rotatable bonds is 1. The quantitative estimate of drug-likeness (QED) is 0.569. The Morgan fingerprint density at radius 2 is 1.60 bits per heavy atom. The molecule has 1 atom stereocenters. The van der Waals surface area contributed by atoms with Crippen LogP contribution in [0.2, 0.25) is 0 Å². The van der Waals surface area contributed by atoms with Crippen LogP contribution in [0.1, 0.15) is 11.6 Å². The zero-order valence-corrected chi connectivity index (χ0v) is 7.28. The van der Waals surface area contributed by atoms with Gasteiger partial charge in [0.2, 0.25) is 0 Å². The summed E-state index contributed by atoms with van der Waals surface area (Å²) in [6.45, 7) is 0. The van der Waals surface area contributed by atoms with Crippen molar-refractivity contribution in [3.05, 3.63) is 29.3 Å². The summed E-state index contributed by atoms with van der Waals surface area (Å²) in [5, 5.41) is 0. The number of halogens is 5. The Balaban J connectivity index is 3.21. The molecular weight excluding hydrogens is 219 g/mol. The molecule has 0 fully saturated rings. The van der Waals surface area contributed by atoms with E-state index in [4.69, 9.17) is 11.5 Å². The number of alkyl halides is 3. The third-order valence-corrected chi connectivity index (χ3v) is 1.80. The van der Waals surface area contributed by atoms with Crippen molar-refractivity contribution in [1.29, 1.82) is 0 Å². The highest BCUT2D eigenvalue weighted by Gasteiger charge is 2.39. The summed E-state index contributed by atoms with van der Waals surface area (Å²) >= 11 is 0. The van der Waals surface area contributed by atoms with Gasteiger partial charge < -0.3 is 11.5 Å². The number of hydrogen-bond acceptors (Lipinski definition) is 2. The molecule has 1 aromatic rings. The SMILES string of the molecule is Nc1cc([C@@H](N)C(F)(F)F)c(F)cc1F. The van der Waals surface area contributed by atoms with Crippen LogP contribution >= 0.6 is 0 Å².